The van der Waals surface area contributed by atoms with Crippen molar-refractivity contribution >= 4 is 5.84 Å². The van der Waals surface area contributed by atoms with Crippen LogP contribution in [0.5, 0.6) is 0 Å². The van der Waals surface area contributed by atoms with E-state index < -0.39 is 11.6 Å². The van der Waals surface area contributed by atoms with E-state index in [0.717, 1.165) is 12.1 Å². The Bertz CT molecular complexity index is 388. The van der Waals surface area contributed by atoms with Gasteiger partial charge < -0.3 is 5.32 Å². The Labute approximate surface area is 80.7 Å². The average Bonchev–Trinajstić information content (AvgIpc) is 2.57. The highest BCUT2D eigenvalue weighted by molar-refractivity contribution is 5.99. The van der Waals surface area contributed by atoms with E-state index in [2.05, 4.69) is 10.3 Å². The van der Waals surface area contributed by atoms with Crippen molar-refractivity contribution in [2.24, 2.45) is 4.99 Å². The van der Waals surface area contributed by atoms with E-state index in [9.17, 15) is 8.78 Å². The summed E-state index contributed by atoms with van der Waals surface area (Å²) in [6, 6.07) is 4.04. The molecule has 74 valence electrons. The van der Waals surface area contributed by atoms with Crippen LogP contribution in [0.1, 0.15) is 12.5 Å². The van der Waals surface area contributed by atoms with Crippen LogP contribution in [0.4, 0.5) is 8.78 Å². The third-order valence-electron chi connectivity index (χ3n) is 2.10. The first-order chi connectivity index (χ1) is 6.66. The molecule has 1 aromatic rings. The number of rotatable bonds is 1. The first-order valence-corrected chi connectivity index (χ1v) is 4.43. The molecule has 2 rings (SSSR count). The number of nitrogens with zero attached hydrogens (tertiary/aromatic N) is 1. The summed E-state index contributed by atoms with van der Waals surface area (Å²) in [4.78, 5) is 4.17. The molecule has 0 spiro atoms. The van der Waals surface area contributed by atoms with Gasteiger partial charge in [0.05, 0.1) is 6.54 Å². The van der Waals surface area contributed by atoms with Gasteiger partial charge in [-0.3, -0.25) is 4.99 Å². The zero-order valence-corrected chi connectivity index (χ0v) is 7.72. The van der Waals surface area contributed by atoms with Gasteiger partial charge >= 0.3 is 0 Å². The predicted molar refractivity (Wildman–Crippen MR) is 50.4 cm³/mol. The van der Waals surface area contributed by atoms with Crippen LogP contribution in [0.25, 0.3) is 0 Å². The van der Waals surface area contributed by atoms with E-state index in [1.807, 2.05) is 6.92 Å². The molecule has 1 aliphatic rings. The smallest absolute Gasteiger partial charge is 0.159 e. The second-order valence-corrected chi connectivity index (χ2v) is 3.36. The fourth-order valence-corrected chi connectivity index (χ4v) is 1.37. The second-order valence-electron chi connectivity index (χ2n) is 3.36. The van der Waals surface area contributed by atoms with Gasteiger partial charge in [-0.25, -0.2) is 8.78 Å². The third-order valence-corrected chi connectivity index (χ3v) is 2.10. The lowest BCUT2D eigenvalue weighted by Gasteiger charge is -2.05. The van der Waals surface area contributed by atoms with E-state index >= 15 is 0 Å². The number of hydrogen-bond donors (Lipinski definition) is 1. The molecule has 0 bridgehead atoms. The standard InChI is InChI=1S/C10H10F2N2/c1-6-5-13-10(14-6)7-2-3-8(11)9(12)4-7/h2-4,6H,5H2,1H3,(H,13,14). The number of aliphatic imine (C=N–C) groups is 1. The molecule has 1 aromatic carbocycles. The fourth-order valence-electron chi connectivity index (χ4n) is 1.37. The van der Waals surface area contributed by atoms with Gasteiger partial charge in [-0.2, -0.15) is 0 Å². The summed E-state index contributed by atoms with van der Waals surface area (Å²) in [7, 11) is 0. The number of amidine groups is 1. The van der Waals surface area contributed by atoms with Crippen LogP contribution in [0.3, 0.4) is 0 Å². The molecule has 0 aliphatic carbocycles. The van der Waals surface area contributed by atoms with Gasteiger partial charge in [0.15, 0.2) is 11.6 Å². The second kappa shape index (κ2) is 3.36. The summed E-state index contributed by atoms with van der Waals surface area (Å²) >= 11 is 0. The van der Waals surface area contributed by atoms with Crippen molar-refractivity contribution in [2.45, 2.75) is 13.0 Å². The van der Waals surface area contributed by atoms with Crippen molar-refractivity contribution in [1.29, 1.82) is 0 Å². The molecule has 14 heavy (non-hydrogen) atoms. The minimum Gasteiger partial charge on any atom is -0.366 e. The van der Waals surface area contributed by atoms with Crippen molar-refractivity contribution in [2.75, 3.05) is 6.54 Å². The van der Waals surface area contributed by atoms with Crippen molar-refractivity contribution in [3.63, 3.8) is 0 Å². The summed E-state index contributed by atoms with van der Waals surface area (Å²) in [5, 5.41) is 3.08. The van der Waals surface area contributed by atoms with Gasteiger partial charge in [-0.05, 0) is 25.1 Å². The molecule has 0 saturated heterocycles. The van der Waals surface area contributed by atoms with Crippen LogP contribution >= 0.6 is 0 Å². The largest absolute Gasteiger partial charge is 0.366 e. The molecule has 1 atom stereocenters. The van der Waals surface area contributed by atoms with Crippen molar-refractivity contribution in [1.82, 2.24) is 5.32 Å². The van der Waals surface area contributed by atoms with E-state index in [4.69, 9.17) is 0 Å². The minimum atomic E-state index is -0.841. The van der Waals surface area contributed by atoms with E-state index in [1.54, 1.807) is 0 Å². The molecular weight excluding hydrogens is 186 g/mol. The quantitative estimate of drug-likeness (QED) is 0.726. The number of benzene rings is 1. The van der Waals surface area contributed by atoms with Crippen LogP contribution in [-0.2, 0) is 0 Å². The summed E-state index contributed by atoms with van der Waals surface area (Å²) in [6.07, 6.45) is 0. The van der Waals surface area contributed by atoms with Gasteiger partial charge in [0, 0.05) is 11.6 Å². The number of nitrogens with one attached hydrogen (secondary N) is 1. The molecule has 0 fully saturated rings. The lowest BCUT2D eigenvalue weighted by Crippen LogP contribution is -2.27. The minimum absolute atomic E-state index is 0.262. The highest BCUT2D eigenvalue weighted by Gasteiger charge is 2.15. The first-order valence-electron chi connectivity index (χ1n) is 4.43. The van der Waals surface area contributed by atoms with Gasteiger partial charge in [0.2, 0.25) is 0 Å². The predicted octanol–water partition coefficient (Wildman–Crippen LogP) is 1.70. The normalized spacial score (nSPS) is 20.5. The fraction of sp³-hybridized carbons (Fsp3) is 0.300. The molecule has 1 heterocycles. The average molecular weight is 196 g/mol. The highest BCUT2D eigenvalue weighted by atomic mass is 19.2. The van der Waals surface area contributed by atoms with Crippen LogP contribution in [0.2, 0.25) is 0 Å². The lowest BCUT2D eigenvalue weighted by atomic mass is 10.2. The number of halogens is 2. The molecule has 0 radical (unpaired) electrons. The van der Waals surface area contributed by atoms with Crippen molar-refractivity contribution < 1.29 is 8.78 Å². The zero-order chi connectivity index (χ0) is 10.1. The van der Waals surface area contributed by atoms with Crippen molar-refractivity contribution in [3.05, 3.63) is 35.4 Å². The molecule has 2 nitrogen and oxygen atoms in total. The molecule has 4 heteroatoms. The lowest BCUT2D eigenvalue weighted by molar-refractivity contribution is 0.508. The first kappa shape index (κ1) is 9.12. The van der Waals surface area contributed by atoms with Gasteiger partial charge in [-0.15, -0.1) is 0 Å². The Morgan fingerprint density at radius 1 is 1.36 bits per heavy atom. The summed E-state index contributed by atoms with van der Waals surface area (Å²) in [6.45, 7) is 2.66. The van der Waals surface area contributed by atoms with E-state index in [1.165, 1.54) is 6.07 Å². The Hall–Kier alpha value is -1.45. The van der Waals surface area contributed by atoms with Crippen molar-refractivity contribution in [3.8, 4) is 0 Å². The van der Waals surface area contributed by atoms with Crippen LogP contribution in [0.15, 0.2) is 23.2 Å². The van der Waals surface area contributed by atoms with Gasteiger partial charge in [-0.1, -0.05) is 0 Å². The summed E-state index contributed by atoms with van der Waals surface area (Å²) in [5.41, 5.74) is 0.591. The summed E-state index contributed by atoms with van der Waals surface area (Å²) in [5.74, 6) is -1.04. The molecule has 0 amide bonds. The Balaban J connectivity index is 2.30. The summed E-state index contributed by atoms with van der Waals surface area (Å²) < 4.78 is 25.5. The number of hydrogen-bond acceptors (Lipinski definition) is 2. The third kappa shape index (κ3) is 1.60. The molecule has 0 saturated carbocycles. The Kier molecular flexibility index (Phi) is 2.19. The van der Waals surface area contributed by atoms with E-state index in [0.29, 0.717) is 17.9 Å². The zero-order valence-electron chi connectivity index (χ0n) is 7.72. The van der Waals surface area contributed by atoms with Crippen LogP contribution in [-0.4, -0.2) is 18.4 Å². The topological polar surface area (TPSA) is 24.4 Å². The molecule has 0 aromatic heterocycles. The Morgan fingerprint density at radius 2 is 2.14 bits per heavy atom. The van der Waals surface area contributed by atoms with Gasteiger partial charge in [0.1, 0.15) is 5.84 Å². The maximum absolute atomic E-state index is 12.9. The van der Waals surface area contributed by atoms with E-state index in [-0.39, 0.29) is 6.04 Å². The van der Waals surface area contributed by atoms with Gasteiger partial charge in [0.25, 0.3) is 0 Å². The Morgan fingerprint density at radius 3 is 2.71 bits per heavy atom. The van der Waals surface area contributed by atoms with Crippen LogP contribution in [0, 0.1) is 11.6 Å². The molecule has 1 unspecified atom stereocenters. The van der Waals surface area contributed by atoms with Crippen LogP contribution < -0.4 is 5.32 Å². The molecule has 1 N–H and O–H groups in total. The molecule has 1 aliphatic heterocycles. The molecular formula is C10H10F2N2. The maximum Gasteiger partial charge on any atom is 0.159 e. The monoisotopic (exact) mass is 196 g/mol. The maximum atomic E-state index is 12.9. The SMILES string of the molecule is CC1CN=C(c2ccc(F)c(F)c2)N1. The highest BCUT2D eigenvalue weighted by Crippen LogP contribution is 2.11.